The highest BCUT2D eigenvalue weighted by atomic mass is 32.2. The Hall–Kier alpha value is -3.03. The van der Waals surface area contributed by atoms with Crippen LogP contribution in [0.1, 0.15) is 11.5 Å². The summed E-state index contributed by atoms with van der Waals surface area (Å²) in [6, 6.07) is 5.54. The van der Waals surface area contributed by atoms with E-state index < -0.39 is 35.9 Å². The molecule has 0 atom stereocenters. The van der Waals surface area contributed by atoms with Crippen LogP contribution < -0.4 is 10.0 Å². The molecular weight excluding hydrogens is 434 g/mol. The molecule has 2 aromatic heterocycles. The zero-order valence-corrected chi connectivity index (χ0v) is 18.1. The molecule has 1 aromatic carbocycles. The third-order valence-electron chi connectivity index (χ3n) is 4.06. The number of aromatic nitrogens is 2. The molecular formula is C17H19N5O6S2. The summed E-state index contributed by atoms with van der Waals surface area (Å²) in [5.74, 6) is 0.432. The number of hydrogen-bond acceptors (Lipinski definition) is 8. The summed E-state index contributed by atoms with van der Waals surface area (Å²) < 4.78 is 58.3. The number of nitrogens with zero attached hydrogens (tertiary/aromatic N) is 3. The smallest absolute Gasteiger partial charge is 0.335 e. The van der Waals surface area contributed by atoms with Crippen molar-refractivity contribution in [3.8, 4) is 0 Å². The Bertz CT molecular complexity index is 1350. The van der Waals surface area contributed by atoms with E-state index >= 15 is 0 Å². The number of furan rings is 1. The number of anilines is 1. The van der Waals surface area contributed by atoms with E-state index in [0.717, 1.165) is 16.4 Å². The third-order valence-corrected chi connectivity index (χ3v) is 7.45. The Balaban J connectivity index is 1.89. The van der Waals surface area contributed by atoms with Crippen molar-refractivity contribution >= 4 is 43.1 Å². The van der Waals surface area contributed by atoms with Gasteiger partial charge in [0.15, 0.2) is 0 Å². The average molecular weight is 454 g/mol. The van der Waals surface area contributed by atoms with Crippen molar-refractivity contribution in [1.29, 1.82) is 0 Å². The van der Waals surface area contributed by atoms with Gasteiger partial charge in [0.25, 0.3) is 10.0 Å². The van der Waals surface area contributed by atoms with Gasteiger partial charge in [-0.3, -0.25) is 5.32 Å². The standard InChI is InChI=1S/C17H19N5O6S2/c1-10-9-12-11(2)18-16(19-15(12)28-10)20-17(23)21-29(24,25)13-7-5-6-8-14(13)30(26,27)22(3)4/h5-9H,1-4H3,(H2,18,19,20,21,23). The number of sulfonamides is 2. The number of rotatable bonds is 5. The molecule has 160 valence electrons. The summed E-state index contributed by atoms with van der Waals surface area (Å²) >= 11 is 0. The van der Waals surface area contributed by atoms with E-state index in [9.17, 15) is 21.6 Å². The van der Waals surface area contributed by atoms with E-state index in [-0.39, 0.29) is 11.7 Å². The maximum absolute atomic E-state index is 12.7. The summed E-state index contributed by atoms with van der Waals surface area (Å²) in [6.45, 7) is 3.41. The molecule has 11 nitrogen and oxygen atoms in total. The average Bonchev–Trinajstić information content (AvgIpc) is 3.02. The van der Waals surface area contributed by atoms with Crippen LogP contribution >= 0.6 is 0 Å². The Morgan fingerprint density at radius 3 is 2.30 bits per heavy atom. The Labute approximate surface area is 173 Å². The number of aryl methyl sites for hydroxylation is 2. The normalized spacial score (nSPS) is 12.3. The second kappa shape index (κ2) is 7.66. The van der Waals surface area contributed by atoms with Crippen LogP contribution in [0.3, 0.4) is 0 Å². The maximum Gasteiger partial charge on any atom is 0.335 e. The van der Waals surface area contributed by atoms with Crippen molar-refractivity contribution in [2.24, 2.45) is 0 Å². The predicted molar refractivity (Wildman–Crippen MR) is 108 cm³/mol. The fourth-order valence-electron chi connectivity index (χ4n) is 2.63. The number of urea groups is 1. The number of fused-ring (bicyclic) bond motifs is 1. The quantitative estimate of drug-likeness (QED) is 0.591. The van der Waals surface area contributed by atoms with Crippen LogP contribution in [0.25, 0.3) is 11.1 Å². The lowest BCUT2D eigenvalue weighted by Crippen LogP contribution is -2.36. The van der Waals surface area contributed by atoms with Crippen LogP contribution in [0.2, 0.25) is 0 Å². The molecule has 0 aliphatic rings. The lowest BCUT2D eigenvalue weighted by atomic mass is 10.3. The molecule has 30 heavy (non-hydrogen) atoms. The van der Waals surface area contributed by atoms with Gasteiger partial charge in [0.05, 0.1) is 11.1 Å². The molecule has 13 heteroatoms. The fourth-order valence-corrected chi connectivity index (χ4v) is 5.23. The highest BCUT2D eigenvalue weighted by Crippen LogP contribution is 2.23. The first-order chi connectivity index (χ1) is 13.9. The van der Waals surface area contributed by atoms with Gasteiger partial charge in [-0.2, -0.15) is 4.98 Å². The van der Waals surface area contributed by atoms with E-state index in [1.807, 2.05) is 0 Å². The number of nitrogens with one attached hydrogen (secondary N) is 2. The van der Waals surface area contributed by atoms with Crippen molar-refractivity contribution in [1.82, 2.24) is 19.0 Å². The molecule has 3 rings (SSSR count). The third kappa shape index (κ3) is 4.13. The molecule has 0 unspecified atom stereocenters. The van der Waals surface area contributed by atoms with Gasteiger partial charge in [-0.1, -0.05) is 12.1 Å². The number of carbonyl (C=O) groups excluding carboxylic acids is 1. The number of amides is 2. The summed E-state index contributed by atoms with van der Waals surface area (Å²) in [4.78, 5) is 19.4. The minimum atomic E-state index is -4.52. The molecule has 0 fully saturated rings. The molecule has 2 amide bonds. The van der Waals surface area contributed by atoms with Crippen LogP contribution in [0.4, 0.5) is 10.7 Å². The molecule has 2 heterocycles. The molecule has 0 spiro atoms. The zero-order valence-electron chi connectivity index (χ0n) is 16.5. The van der Waals surface area contributed by atoms with Crippen LogP contribution in [-0.2, 0) is 20.0 Å². The van der Waals surface area contributed by atoms with Crippen LogP contribution in [0, 0.1) is 13.8 Å². The second-order valence-corrected chi connectivity index (χ2v) is 10.3. The van der Waals surface area contributed by atoms with Crippen molar-refractivity contribution in [2.75, 3.05) is 19.4 Å². The van der Waals surface area contributed by atoms with Crippen LogP contribution in [0.5, 0.6) is 0 Å². The Kier molecular flexibility index (Phi) is 5.54. The number of hydrogen-bond donors (Lipinski definition) is 2. The molecule has 0 aliphatic carbocycles. The van der Waals surface area contributed by atoms with E-state index in [0.29, 0.717) is 16.8 Å². The molecule has 0 saturated heterocycles. The number of carbonyl (C=O) groups is 1. The van der Waals surface area contributed by atoms with Crippen molar-refractivity contribution in [3.05, 3.63) is 41.8 Å². The van der Waals surface area contributed by atoms with Gasteiger partial charge in [0, 0.05) is 14.1 Å². The van der Waals surface area contributed by atoms with Crippen molar-refractivity contribution in [3.63, 3.8) is 0 Å². The molecule has 0 radical (unpaired) electrons. The Morgan fingerprint density at radius 2 is 1.67 bits per heavy atom. The second-order valence-electron chi connectivity index (χ2n) is 6.50. The fraction of sp³-hybridized carbons (Fsp3) is 0.235. The van der Waals surface area contributed by atoms with Gasteiger partial charge in [0.2, 0.25) is 21.7 Å². The van der Waals surface area contributed by atoms with E-state index in [1.165, 1.54) is 26.2 Å². The van der Waals surface area contributed by atoms with Gasteiger partial charge in [-0.25, -0.2) is 35.6 Å². The van der Waals surface area contributed by atoms with Crippen LogP contribution in [0.15, 0.2) is 44.5 Å². The Morgan fingerprint density at radius 1 is 1.03 bits per heavy atom. The van der Waals surface area contributed by atoms with Crippen molar-refractivity contribution < 1.29 is 26.0 Å². The van der Waals surface area contributed by atoms with Gasteiger partial charge in [-0.05, 0) is 32.0 Å². The summed E-state index contributed by atoms with van der Waals surface area (Å²) in [6.07, 6.45) is 0. The minimum absolute atomic E-state index is 0.170. The number of benzene rings is 1. The SMILES string of the molecule is Cc1cc2c(C)nc(NC(=O)NS(=O)(=O)c3ccccc3S(=O)(=O)N(C)C)nc2o1. The lowest BCUT2D eigenvalue weighted by molar-refractivity contribution is 0.256. The minimum Gasteiger partial charge on any atom is -0.443 e. The summed E-state index contributed by atoms with van der Waals surface area (Å²) in [5, 5.41) is 2.88. The van der Waals surface area contributed by atoms with Crippen molar-refractivity contribution in [2.45, 2.75) is 23.6 Å². The largest absolute Gasteiger partial charge is 0.443 e. The van der Waals surface area contributed by atoms with E-state index in [4.69, 9.17) is 4.42 Å². The van der Waals surface area contributed by atoms with Gasteiger partial charge in [-0.15, -0.1) is 0 Å². The molecule has 0 saturated carbocycles. The summed E-state index contributed by atoms with van der Waals surface area (Å²) in [5.41, 5.74) is 0.762. The molecule has 0 bridgehead atoms. The van der Waals surface area contributed by atoms with E-state index in [2.05, 4.69) is 15.3 Å². The summed E-state index contributed by atoms with van der Waals surface area (Å²) in [7, 11) is -6.05. The van der Waals surface area contributed by atoms with Gasteiger partial charge >= 0.3 is 6.03 Å². The topological polar surface area (TPSA) is 152 Å². The van der Waals surface area contributed by atoms with Crippen LogP contribution in [-0.4, -0.2) is 51.2 Å². The van der Waals surface area contributed by atoms with Gasteiger partial charge in [0.1, 0.15) is 15.6 Å². The lowest BCUT2D eigenvalue weighted by Gasteiger charge is -2.15. The molecule has 3 aromatic rings. The first-order valence-corrected chi connectivity index (χ1v) is 11.4. The van der Waals surface area contributed by atoms with E-state index in [1.54, 1.807) is 24.6 Å². The first-order valence-electron chi connectivity index (χ1n) is 8.52. The highest BCUT2D eigenvalue weighted by Gasteiger charge is 2.29. The monoisotopic (exact) mass is 453 g/mol. The predicted octanol–water partition coefficient (Wildman–Crippen LogP) is 1.60. The highest BCUT2D eigenvalue weighted by molar-refractivity contribution is 7.92. The maximum atomic E-state index is 12.7. The zero-order chi connectivity index (χ0) is 22.3. The molecule has 2 N–H and O–H groups in total. The molecule has 0 aliphatic heterocycles. The first kappa shape index (κ1) is 21.7. The van der Waals surface area contributed by atoms with Gasteiger partial charge < -0.3 is 4.42 Å².